The van der Waals surface area contributed by atoms with Gasteiger partial charge in [-0.05, 0) is 37.8 Å². The zero-order valence-electron chi connectivity index (χ0n) is 13.7. The van der Waals surface area contributed by atoms with Crippen molar-refractivity contribution in [2.45, 2.75) is 19.8 Å². The van der Waals surface area contributed by atoms with E-state index in [0.717, 1.165) is 54.6 Å². The predicted octanol–water partition coefficient (Wildman–Crippen LogP) is 3.69. The van der Waals surface area contributed by atoms with Crippen LogP contribution in [0.4, 0.5) is 5.13 Å². The number of thiazole rings is 1. The second-order valence-corrected chi connectivity index (χ2v) is 7.22. The number of aryl methyl sites for hydroxylation is 1. The molecule has 4 heterocycles. The molecule has 3 aromatic heterocycles. The average Bonchev–Trinajstić information content (AvgIpc) is 3.06. The fourth-order valence-electron chi connectivity index (χ4n) is 3.01. The van der Waals surface area contributed by atoms with Crippen molar-refractivity contribution in [2.75, 3.05) is 24.6 Å². The summed E-state index contributed by atoms with van der Waals surface area (Å²) in [5.41, 5.74) is 2.09. The largest absolute Gasteiger partial charge is 0.477 e. The average molecular weight is 340 g/mol. The number of pyridine rings is 2. The SMILES string of the molecule is Cc1cccnc1OCC1CCN(c2nc3cnccc3s2)CC1. The van der Waals surface area contributed by atoms with Crippen LogP contribution in [0.2, 0.25) is 0 Å². The highest BCUT2D eigenvalue weighted by atomic mass is 32.1. The Morgan fingerprint density at radius 1 is 1.25 bits per heavy atom. The first-order valence-electron chi connectivity index (χ1n) is 8.29. The summed E-state index contributed by atoms with van der Waals surface area (Å²) < 4.78 is 7.12. The van der Waals surface area contributed by atoms with Crippen LogP contribution in [0.1, 0.15) is 18.4 Å². The number of fused-ring (bicyclic) bond motifs is 1. The van der Waals surface area contributed by atoms with Crippen molar-refractivity contribution < 1.29 is 4.74 Å². The normalized spacial score (nSPS) is 15.8. The van der Waals surface area contributed by atoms with Gasteiger partial charge in [-0.2, -0.15) is 0 Å². The smallest absolute Gasteiger partial charge is 0.216 e. The Kier molecular flexibility index (Phi) is 4.30. The molecule has 0 saturated carbocycles. The summed E-state index contributed by atoms with van der Waals surface area (Å²) in [6.45, 7) is 4.84. The molecule has 1 saturated heterocycles. The lowest BCUT2D eigenvalue weighted by Crippen LogP contribution is -2.35. The summed E-state index contributed by atoms with van der Waals surface area (Å²) in [6, 6.07) is 6.01. The maximum atomic E-state index is 5.91. The van der Waals surface area contributed by atoms with Gasteiger partial charge in [0.2, 0.25) is 5.88 Å². The number of hydrogen-bond donors (Lipinski definition) is 0. The van der Waals surface area contributed by atoms with Crippen LogP contribution in [0.15, 0.2) is 36.8 Å². The Morgan fingerprint density at radius 2 is 2.12 bits per heavy atom. The van der Waals surface area contributed by atoms with Gasteiger partial charge in [-0.3, -0.25) is 4.98 Å². The summed E-state index contributed by atoms with van der Waals surface area (Å²) in [5, 5.41) is 1.11. The molecule has 0 N–H and O–H groups in total. The van der Waals surface area contributed by atoms with Gasteiger partial charge in [0.15, 0.2) is 5.13 Å². The molecule has 0 radical (unpaired) electrons. The maximum absolute atomic E-state index is 5.91. The zero-order chi connectivity index (χ0) is 16.4. The number of anilines is 1. The molecule has 24 heavy (non-hydrogen) atoms. The van der Waals surface area contributed by atoms with Crippen molar-refractivity contribution in [1.29, 1.82) is 0 Å². The quantitative estimate of drug-likeness (QED) is 0.725. The van der Waals surface area contributed by atoms with Gasteiger partial charge in [0.1, 0.15) is 5.52 Å². The van der Waals surface area contributed by atoms with E-state index in [2.05, 4.69) is 14.9 Å². The van der Waals surface area contributed by atoms with Crippen LogP contribution in [-0.2, 0) is 0 Å². The van der Waals surface area contributed by atoms with Gasteiger partial charge in [0.25, 0.3) is 0 Å². The predicted molar refractivity (Wildman–Crippen MR) is 96.8 cm³/mol. The number of aromatic nitrogens is 3. The van der Waals surface area contributed by atoms with Gasteiger partial charge in [-0.1, -0.05) is 17.4 Å². The minimum Gasteiger partial charge on any atom is -0.477 e. The number of hydrogen-bond acceptors (Lipinski definition) is 6. The van der Waals surface area contributed by atoms with Gasteiger partial charge < -0.3 is 9.64 Å². The van der Waals surface area contributed by atoms with Crippen LogP contribution in [0.5, 0.6) is 5.88 Å². The molecule has 1 aliphatic heterocycles. The first-order valence-corrected chi connectivity index (χ1v) is 9.11. The molecular formula is C18H20N4OS. The molecule has 0 atom stereocenters. The second-order valence-electron chi connectivity index (χ2n) is 6.21. The molecule has 4 rings (SSSR count). The molecule has 124 valence electrons. The number of piperidine rings is 1. The van der Waals surface area contributed by atoms with E-state index in [9.17, 15) is 0 Å². The molecule has 1 fully saturated rings. The first kappa shape index (κ1) is 15.3. The van der Waals surface area contributed by atoms with Crippen LogP contribution < -0.4 is 9.64 Å². The van der Waals surface area contributed by atoms with E-state index in [1.54, 1.807) is 17.5 Å². The molecule has 3 aromatic rings. The van der Waals surface area contributed by atoms with E-state index in [4.69, 9.17) is 9.72 Å². The molecule has 5 nitrogen and oxygen atoms in total. The Morgan fingerprint density at radius 3 is 2.92 bits per heavy atom. The summed E-state index contributed by atoms with van der Waals surface area (Å²) in [5.74, 6) is 1.34. The molecule has 6 heteroatoms. The minimum atomic E-state index is 0.582. The summed E-state index contributed by atoms with van der Waals surface area (Å²) >= 11 is 1.75. The third kappa shape index (κ3) is 3.19. The van der Waals surface area contributed by atoms with Crippen molar-refractivity contribution in [1.82, 2.24) is 15.0 Å². The second kappa shape index (κ2) is 6.73. The van der Waals surface area contributed by atoms with Gasteiger partial charge in [0, 0.05) is 31.0 Å². The maximum Gasteiger partial charge on any atom is 0.216 e. The minimum absolute atomic E-state index is 0.582. The van der Waals surface area contributed by atoms with E-state index in [1.807, 2.05) is 37.5 Å². The van der Waals surface area contributed by atoms with Gasteiger partial charge in [-0.15, -0.1) is 0 Å². The van der Waals surface area contributed by atoms with Crippen LogP contribution in [0.25, 0.3) is 10.2 Å². The standard InChI is InChI=1S/C18H20N4OS/c1-13-3-2-7-20-17(13)23-12-14-5-9-22(10-6-14)18-21-15-11-19-8-4-16(15)24-18/h2-4,7-8,11,14H,5-6,9-10,12H2,1H3. The van der Waals surface area contributed by atoms with Gasteiger partial charge in [-0.25, -0.2) is 9.97 Å². The topological polar surface area (TPSA) is 51.1 Å². The fraction of sp³-hybridized carbons (Fsp3) is 0.389. The number of ether oxygens (including phenoxy) is 1. The molecule has 0 aromatic carbocycles. The van der Waals surface area contributed by atoms with Crippen LogP contribution >= 0.6 is 11.3 Å². The molecule has 0 spiro atoms. The molecule has 1 aliphatic rings. The van der Waals surface area contributed by atoms with Gasteiger partial charge in [0.05, 0.1) is 17.5 Å². The van der Waals surface area contributed by atoms with E-state index in [0.29, 0.717) is 5.92 Å². The van der Waals surface area contributed by atoms with Crippen molar-refractivity contribution in [2.24, 2.45) is 5.92 Å². The highest BCUT2D eigenvalue weighted by Crippen LogP contribution is 2.31. The fourth-order valence-corrected chi connectivity index (χ4v) is 4.00. The highest BCUT2D eigenvalue weighted by Gasteiger charge is 2.22. The lowest BCUT2D eigenvalue weighted by molar-refractivity contribution is 0.215. The van der Waals surface area contributed by atoms with Crippen molar-refractivity contribution >= 4 is 26.7 Å². The summed E-state index contributed by atoms with van der Waals surface area (Å²) in [4.78, 5) is 15.5. The van der Waals surface area contributed by atoms with Crippen molar-refractivity contribution in [3.63, 3.8) is 0 Å². The third-order valence-electron chi connectivity index (χ3n) is 4.48. The Hall–Kier alpha value is -2.21. The molecule has 0 amide bonds. The molecule has 0 bridgehead atoms. The van der Waals surface area contributed by atoms with Crippen LogP contribution in [0.3, 0.4) is 0 Å². The monoisotopic (exact) mass is 340 g/mol. The Bertz CT molecular complexity index is 794. The lowest BCUT2D eigenvalue weighted by atomic mass is 9.98. The Labute approximate surface area is 145 Å². The van der Waals surface area contributed by atoms with Gasteiger partial charge >= 0.3 is 0 Å². The van der Waals surface area contributed by atoms with E-state index < -0.39 is 0 Å². The highest BCUT2D eigenvalue weighted by molar-refractivity contribution is 7.22. The molecule has 0 unspecified atom stereocenters. The van der Waals surface area contributed by atoms with Crippen molar-refractivity contribution in [3.05, 3.63) is 42.4 Å². The summed E-state index contributed by atoms with van der Waals surface area (Å²) in [7, 11) is 0. The van der Waals surface area contributed by atoms with E-state index in [-0.39, 0.29) is 0 Å². The van der Waals surface area contributed by atoms with E-state index in [1.165, 1.54) is 4.70 Å². The van der Waals surface area contributed by atoms with Crippen LogP contribution in [0, 0.1) is 12.8 Å². The zero-order valence-corrected chi connectivity index (χ0v) is 14.5. The number of nitrogens with zero attached hydrogens (tertiary/aromatic N) is 4. The number of rotatable bonds is 4. The van der Waals surface area contributed by atoms with Crippen molar-refractivity contribution in [3.8, 4) is 5.88 Å². The van der Waals surface area contributed by atoms with E-state index >= 15 is 0 Å². The first-order chi connectivity index (χ1) is 11.8. The summed E-state index contributed by atoms with van der Waals surface area (Å²) in [6.07, 6.45) is 7.70. The Balaban J connectivity index is 1.34. The molecule has 0 aliphatic carbocycles. The third-order valence-corrected chi connectivity index (χ3v) is 5.58. The lowest BCUT2D eigenvalue weighted by Gasteiger charge is -2.31. The van der Waals surface area contributed by atoms with Crippen LogP contribution in [-0.4, -0.2) is 34.6 Å². The molecular weight excluding hydrogens is 320 g/mol.